The molecule has 1 saturated heterocycles. The van der Waals surface area contributed by atoms with E-state index in [1.807, 2.05) is 0 Å². The first-order valence-corrected chi connectivity index (χ1v) is 5.11. The molecule has 1 aliphatic rings. The smallest absolute Gasteiger partial charge is 0.271 e. The molecular formula is C10H15N3O2. The molecule has 1 unspecified atom stereocenters. The predicted octanol–water partition coefficient (Wildman–Crippen LogP) is 0.186. The molecule has 0 radical (unpaired) electrons. The van der Waals surface area contributed by atoms with Crippen LogP contribution in [0.5, 0.6) is 0 Å². The number of nitrogens with one attached hydrogen (secondary N) is 1. The number of ether oxygens (including phenoxy) is 1. The molecule has 1 amide bonds. The molecule has 0 bridgehead atoms. The summed E-state index contributed by atoms with van der Waals surface area (Å²) < 4.78 is 6.85. The largest absolute Gasteiger partial charge is 0.381 e. The van der Waals surface area contributed by atoms with Crippen LogP contribution < -0.4 is 5.32 Å². The van der Waals surface area contributed by atoms with Crippen molar-refractivity contribution in [3.63, 3.8) is 0 Å². The first-order chi connectivity index (χ1) is 7.25. The third-order valence-corrected chi connectivity index (χ3v) is 2.52. The Morgan fingerprint density at radius 2 is 2.67 bits per heavy atom. The van der Waals surface area contributed by atoms with Crippen LogP contribution in [0.25, 0.3) is 0 Å². The Bertz CT molecular complexity index is 342. The van der Waals surface area contributed by atoms with Crippen LogP contribution in [0.3, 0.4) is 0 Å². The van der Waals surface area contributed by atoms with Crippen molar-refractivity contribution >= 4 is 5.91 Å². The number of hydrogen-bond donors (Lipinski definition) is 1. The van der Waals surface area contributed by atoms with Gasteiger partial charge in [0.1, 0.15) is 5.69 Å². The van der Waals surface area contributed by atoms with Crippen LogP contribution >= 0.6 is 0 Å². The molecule has 0 spiro atoms. The van der Waals surface area contributed by atoms with Crippen molar-refractivity contribution in [2.24, 2.45) is 13.0 Å². The Morgan fingerprint density at radius 1 is 1.80 bits per heavy atom. The monoisotopic (exact) mass is 209 g/mol. The van der Waals surface area contributed by atoms with Gasteiger partial charge in [-0.15, -0.1) is 0 Å². The highest BCUT2D eigenvalue weighted by atomic mass is 16.5. The average molecular weight is 209 g/mol. The molecule has 1 atom stereocenters. The summed E-state index contributed by atoms with van der Waals surface area (Å²) in [4.78, 5) is 11.6. The minimum absolute atomic E-state index is 0.109. The molecule has 5 nitrogen and oxygen atoms in total. The summed E-state index contributed by atoms with van der Waals surface area (Å²) in [5.41, 5.74) is 0.469. The molecule has 0 saturated carbocycles. The zero-order chi connectivity index (χ0) is 10.7. The Kier molecular flexibility index (Phi) is 3.01. The summed E-state index contributed by atoms with van der Waals surface area (Å²) in [5, 5.41) is 6.89. The van der Waals surface area contributed by atoms with E-state index in [4.69, 9.17) is 4.74 Å². The lowest BCUT2D eigenvalue weighted by Gasteiger charge is -2.07. The van der Waals surface area contributed by atoms with E-state index in [1.165, 1.54) is 0 Å². The van der Waals surface area contributed by atoms with E-state index in [2.05, 4.69) is 10.4 Å². The molecule has 0 aromatic carbocycles. The second kappa shape index (κ2) is 4.44. The fraction of sp³-hybridized carbons (Fsp3) is 0.600. The predicted molar refractivity (Wildman–Crippen MR) is 54.5 cm³/mol. The normalized spacial score (nSPS) is 20.5. The molecule has 1 N–H and O–H groups in total. The first-order valence-electron chi connectivity index (χ1n) is 5.11. The first kappa shape index (κ1) is 10.2. The van der Waals surface area contributed by atoms with E-state index < -0.39 is 0 Å². The second-order valence-electron chi connectivity index (χ2n) is 3.81. The number of hydrogen-bond acceptors (Lipinski definition) is 3. The Balaban J connectivity index is 1.81. The zero-order valence-corrected chi connectivity index (χ0v) is 8.77. The summed E-state index contributed by atoms with van der Waals surface area (Å²) in [6.45, 7) is 2.24. The van der Waals surface area contributed by atoms with Crippen molar-refractivity contribution in [3.8, 4) is 0 Å². The van der Waals surface area contributed by atoms with Gasteiger partial charge >= 0.3 is 0 Å². The minimum atomic E-state index is -0.109. The van der Waals surface area contributed by atoms with Crippen LogP contribution in [0.15, 0.2) is 12.3 Å². The van der Waals surface area contributed by atoms with Gasteiger partial charge in [0.15, 0.2) is 0 Å². The molecule has 2 rings (SSSR count). The molecule has 1 aromatic heterocycles. The van der Waals surface area contributed by atoms with E-state index in [1.54, 1.807) is 24.0 Å². The molecule has 82 valence electrons. The molecular weight excluding hydrogens is 194 g/mol. The summed E-state index contributed by atoms with van der Waals surface area (Å²) in [7, 11) is 1.79. The lowest BCUT2D eigenvalue weighted by molar-refractivity contribution is 0.0939. The molecule has 0 aliphatic carbocycles. The van der Waals surface area contributed by atoms with Crippen molar-refractivity contribution < 1.29 is 9.53 Å². The summed E-state index contributed by atoms with van der Waals surface area (Å²) in [5.74, 6) is 0.347. The highest BCUT2D eigenvalue weighted by molar-refractivity contribution is 5.92. The topological polar surface area (TPSA) is 56.2 Å². The van der Waals surface area contributed by atoms with Crippen molar-refractivity contribution in [1.29, 1.82) is 0 Å². The van der Waals surface area contributed by atoms with Crippen LogP contribution in [-0.2, 0) is 11.8 Å². The lowest BCUT2D eigenvalue weighted by Crippen LogP contribution is -2.29. The maximum Gasteiger partial charge on any atom is 0.271 e. The molecule has 15 heavy (non-hydrogen) atoms. The van der Waals surface area contributed by atoms with Crippen LogP contribution in [0.1, 0.15) is 16.9 Å². The van der Waals surface area contributed by atoms with Gasteiger partial charge in [0.2, 0.25) is 0 Å². The molecule has 1 aromatic rings. The highest BCUT2D eigenvalue weighted by Crippen LogP contribution is 2.10. The number of nitrogens with zero attached hydrogens (tertiary/aromatic N) is 2. The molecule has 2 heterocycles. The molecule has 5 heteroatoms. The van der Waals surface area contributed by atoms with E-state index >= 15 is 0 Å². The zero-order valence-electron chi connectivity index (χ0n) is 8.77. The van der Waals surface area contributed by atoms with Crippen molar-refractivity contribution in [1.82, 2.24) is 15.1 Å². The van der Waals surface area contributed by atoms with Gasteiger partial charge in [-0.05, 0) is 12.5 Å². The van der Waals surface area contributed by atoms with Crippen LogP contribution in [0.2, 0.25) is 0 Å². The van der Waals surface area contributed by atoms with Gasteiger partial charge in [-0.1, -0.05) is 0 Å². The number of rotatable bonds is 3. The number of amides is 1. The summed E-state index contributed by atoms with van der Waals surface area (Å²) in [6, 6.07) is 1.71. The van der Waals surface area contributed by atoms with Crippen molar-refractivity contribution in [2.45, 2.75) is 6.42 Å². The van der Waals surface area contributed by atoms with Crippen molar-refractivity contribution in [2.75, 3.05) is 19.8 Å². The van der Waals surface area contributed by atoms with E-state index in [9.17, 15) is 4.79 Å². The van der Waals surface area contributed by atoms with E-state index in [0.717, 1.165) is 19.6 Å². The van der Waals surface area contributed by atoms with E-state index in [-0.39, 0.29) is 5.91 Å². The minimum Gasteiger partial charge on any atom is -0.381 e. The summed E-state index contributed by atoms with van der Waals surface area (Å²) >= 11 is 0. The van der Waals surface area contributed by atoms with Gasteiger partial charge in [0.25, 0.3) is 5.91 Å². The Morgan fingerprint density at radius 3 is 3.27 bits per heavy atom. The lowest BCUT2D eigenvalue weighted by atomic mass is 10.1. The number of aryl methyl sites for hydroxylation is 1. The van der Waals surface area contributed by atoms with Crippen LogP contribution in [0, 0.1) is 5.92 Å². The third-order valence-electron chi connectivity index (χ3n) is 2.52. The Hall–Kier alpha value is -1.36. The van der Waals surface area contributed by atoms with Gasteiger partial charge in [-0.25, -0.2) is 0 Å². The van der Waals surface area contributed by atoms with Crippen molar-refractivity contribution in [3.05, 3.63) is 18.0 Å². The number of carbonyl (C=O) groups excluding carboxylic acids is 1. The highest BCUT2D eigenvalue weighted by Gasteiger charge is 2.17. The average Bonchev–Trinajstić information content (AvgIpc) is 2.84. The van der Waals surface area contributed by atoms with Gasteiger partial charge in [0.05, 0.1) is 6.61 Å². The SMILES string of the molecule is Cn1ccc(C(=O)NCC2CCOC2)n1. The number of aromatic nitrogens is 2. The van der Waals surface area contributed by atoms with Crippen LogP contribution in [0.4, 0.5) is 0 Å². The standard InChI is InChI=1S/C10H15N3O2/c1-13-4-2-9(12-13)10(14)11-6-8-3-5-15-7-8/h2,4,8H,3,5-7H2,1H3,(H,11,14). The molecule has 1 fully saturated rings. The Labute approximate surface area is 88.4 Å². The maximum atomic E-state index is 11.6. The summed E-state index contributed by atoms with van der Waals surface area (Å²) in [6.07, 6.45) is 2.79. The van der Waals surface area contributed by atoms with Crippen LogP contribution in [-0.4, -0.2) is 35.4 Å². The third kappa shape index (κ3) is 2.56. The molecule has 1 aliphatic heterocycles. The fourth-order valence-corrected chi connectivity index (χ4v) is 1.61. The van der Waals surface area contributed by atoms with Gasteiger partial charge in [-0.2, -0.15) is 5.10 Å². The van der Waals surface area contributed by atoms with Gasteiger partial charge in [0, 0.05) is 32.3 Å². The van der Waals surface area contributed by atoms with E-state index in [0.29, 0.717) is 18.2 Å². The van der Waals surface area contributed by atoms with Gasteiger partial charge in [-0.3, -0.25) is 9.48 Å². The quantitative estimate of drug-likeness (QED) is 0.773. The second-order valence-corrected chi connectivity index (χ2v) is 3.81. The maximum absolute atomic E-state index is 11.6. The van der Waals surface area contributed by atoms with Gasteiger partial charge < -0.3 is 10.1 Å². The number of carbonyl (C=O) groups is 1. The fourth-order valence-electron chi connectivity index (χ4n) is 1.61.